The molecule has 2 aromatic heterocycles. The van der Waals surface area contributed by atoms with Crippen molar-refractivity contribution >= 4 is 35.2 Å². The second kappa shape index (κ2) is 7.81. The van der Waals surface area contributed by atoms with Gasteiger partial charge in [-0.1, -0.05) is 6.92 Å². The third-order valence-corrected chi connectivity index (χ3v) is 5.14. The molecule has 0 saturated carbocycles. The number of carbonyl (C=O) groups excluding carboxylic acids is 1. The second-order valence-corrected chi connectivity index (χ2v) is 7.50. The standard InChI is InChI=1S/C19H21N7OS/c1-3-19(27)21-14-4-6-15(7-5-14)28-25-11-17-20-8-9-26(17)18(12-25)22-16-10-13(2)23-24-16/h4-10,12H,3,11H2,1-2H3,(H,21,27)(H2,22,23,24). The van der Waals surface area contributed by atoms with Crippen molar-refractivity contribution in [3.8, 4) is 0 Å². The predicted molar refractivity (Wildman–Crippen MR) is 110 cm³/mol. The van der Waals surface area contributed by atoms with Crippen LogP contribution in [0.2, 0.25) is 0 Å². The van der Waals surface area contributed by atoms with Crippen LogP contribution in [-0.4, -0.2) is 30.0 Å². The Labute approximate surface area is 167 Å². The molecular formula is C19H21N7OS. The number of H-pyrrole nitrogens is 1. The molecule has 0 saturated heterocycles. The molecule has 3 N–H and O–H groups in total. The molecule has 1 aliphatic rings. The fourth-order valence-corrected chi connectivity index (χ4v) is 3.66. The molecule has 4 rings (SSSR count). The normalized spacial score (nSPS) is 13.1. The highest BCUT2D eigenvalue weighted by molar-refractivity contribution is 7.97. The summed E-state index contributed by atoms with van der Waals surface area (Å²) in [5, 5.41) is 13.4. The molecule has 1 amide bonds. The molecule has 0 aliphatic carbocycles. The Morgan fingerprint density at radius 2 is 2.14 bits per heavy atom. The maximum atomic E-state index is 11.5. The van der Waals surface area contributed by atoms with Gasteiger partial charge in [-0.2, -0.15) is 5.10 Å². The Bertz CT molecular complexity index is 1010. The van der Waals surface area contributed by atoms with E-state index in [0.29, 0.717) is 13.0 Å². The minimum Gasteiger partial charge on any atom is -0.326 e. The molecule has 0 spiro atoms. The quantitative estimate of drug-likeness (QED) is 0.552. The van der Waals surface area contributed by atoms with Gasteiger partial charge in [-0.15, -0.1) is 0 Å². The van der Waals surface area contributed by atoms with Crippen molar-refractivity contribution in [2.45, 2.75) is 31.7 Å². The number of amides is 1. The number of aromatic amines is 1. The maximum Gasteiger partial charge on any atom is 0.224 e. The average Bonchev–Trinajstić information content (AvgIpc) is 3.32. The summed E-state index contributed by atoms with van der Waals surface area (Å²) in [5.41, 5.74) is 1.79. The van der Waals surface area contributed by atoms with Gasteiger partial charge < -0.3 is 14.9 Å². The first kappa shape index (κ1) is 18.2. The zero-order chi connectivity index (χ0) is 19.5. The third kappa shape index (κ3) is 4.04. The number of benzene rings is 1. The lowest BCUT2D eigenvalue weighted by molar-refractivity contribution is -0.115. The molecule has 144 valence electrons. The van der Waals surface area contributed by atoms with E-state index >= 15 is 0 Å². The first-order valence-corrected chi connectivity index (χ1v) is 9.76. The fourth-order valence-electron chi connectivity index (χ4n) is 2.80. The molecule has 1 aliphatic heterocycles. The van der Waals surface area contributed by atoms with Crippen LogP contribution in [-0.2, 0) is 11.3 Å². The van der Waals surface area contributed by atoms with Gasteiger partial charge in [0.15, 0.2) is 5.82 Å². The number of nitrogens with one attached hydrogen (secondary N) is 3. The molecule has 1 aromatic carbocycles. The highest BCUT2D eigenvalue weighted by Crippen LogP contribution is 2.30. The van der Waals surface area contributed by atoms with E-state index in [1.807, 2.05) is 61.1 Å². The molecule has 0 unspecified atom stereocenters. The van der Waals surface area contributed by atoms with Crippen molar-refractivity contribution in [1.82, 2.24) is 24.1 Å². The summed E-state index contributed by atoms with van der Waals surface area (Å²) in [4.78, 5) is 17.0. The van der Waals surface area contributed by atoms with Crippen molar-refractivity contribution in [2.75, 3.05) is 10.6 Å². The minimum absolute atomic E-state index is 0.00974. The summed E-state index contributed by atoms with van der Waals surface area (Å²) in [6.07, 6.45) is 6.23. The van der Waals surface area contributed by atoms with Crippen molar-refractivity contribution in [2.24, 2.45) is 0 Å². The largest absolute Gasteiger partial charge is 0.326 e. The van der Waals surface area contributed by atoms with Gasteiger partial charge in [0.25, 0.3) is 0 Å². The first-order chi connectivity index (χ1) is 13.6. The van der Waals surface area contributed by atoms with E-state index in [9.17, 15) is 4.79 Å². The van der Waals surface area contributed by atoms with E-state index in [1.54, 1.807) is 18.1 Å². The van der Waals surface area contributed by atoms with Crippen LogP contribution in [0.5, 0.6) is 0 Å². The van der Waals surface area contributed by atoms with Crippen molar-refractivity contribution in [3.05, 3.63) is 60.4 Å². The highest BCUT2D eigenvalue weighted by Gasteiger charge is 2.19. The number of carbonyl (C=O) groups is 1. The van der Waals surface area contributed by atoms with Crippen LogP contribution in [0.25, 0.3) is 5.82 Å². The fraction of sp³-hybridized carbons (Fsp3) is 0.211. The van der Waals surface area contributed by atoms with E-state index < -0.39 is 0 Å². The summed E-state index contributed by atoms with van der Waals surface area (Å²) < 4.78 is 4.13. The highest BCUT2D eigenvalue weighted by atomic mass is 32.2. The molecule has 0 radical (unpaired) electrons. The summed E-state index contributed by atoms with van der Waals surface area (Å²) in [7, 11) is 0. The molecule has 8 nitrogen and oxygen atoms in total. The van der Waals surface area contributed by atoms with Gasteiger partial charge in [-0.05, 0) is 43.1 Å². The van der Waals surface area contributed by atoms with Gasteiger partial charge in [0.2, 0.25) is 5.91 Å². The molecule has 28 heavy (non-hydrogen) atoms. The number of nitrogens with zero attached hydrogens (tertiary/aromatic N) is 4. The SMILES string of the molecule is CCC(=O)Nc1ccc(SN2C=C(Nc3cc(C)[nH]n3)n3ccnc3C2)cc1. The van der Waals surface area contributed by atoms with Gasteiger partial charge in [0, 0.05) is 41.2 Å². The van der Waals surface area contributed by atoms with Crippen LogP contribution >= 0.6 is 11.9 Å². The first-order valence-electron chi connectivity index (χ1n) is 8.98. The summed E-state index contributed by atoms with van der Waals surface area (Å²) >= 11 is 1.61. The summed E-state index contributed by atoms with van der Waals surface area (Å²) in [6, 6.07) is 9.77. The van der Waals surface area contributed by atoms with E-state index in [-0.39, 0.29) is 5.91 Å². The lowest BCUT2D eigenvalue weighted by atomic mass is 10.3. The second-order valence-electron chi connectivity index (χ2n) is 6.38. The number of anilines is 2. The van der Waals surface area contributed by atoms with E-state index in [0.717, 1.165) is 33.7 Å². The minimum atomic E-state index is 0.00974. The Kier molecular flexibility index (Phi) is 5.07. The molecule has 3 heterocycles. The number of aromatic nitrogens is 4. The van der Waals surface area contributed by atoms with E-state index in [4.69, 9.17) is 0 Å². The number of hydrogen-bond donors (Lipinski definition) is 3. The third-order valence-electron chi connectivity index (χ3n) is 4.18. The summed E-state index contributed by atoms with van der Waals surface area (Å²) in [5.74, 6) is 2.59. The summed E-state index contributed by atoms with van der Waals surface area (Å²) in [6.45, 7) is 4.48. The van der Waals surface area contributed by atoms with Crippen LogP contribution < -0.4 is 10.6 Å². The van der Waals surface area contributed by atoms with Crippen molar-refractivity contribution in [3.63, 3.8) is 0 Å². The Balaban J connectivity index is 1.50. The van der Waals surface area contributed by atoms with Crippen molar-refractivity contribution < 1.29 is 4.79 Å². The lowest BCUT2D eigenvalue weighted by Crippen LogP contribution is -2.23. The Morgan fingerprint density at radius 1 is 1.32 bits per heavy atom. The zero-order valence-electron chi connectivity index (χ0n) is 15.6. The molecule has 0 fully saturated rings. The molecule has 3 aromatic rings. The lowest BCUT2D eigenvalue weighted by Gasteiger charge is -2.26. The van der Waals surface area contributed by atoms with Gasteiger partial charge in [-0.25, -0.2) is 4.98 Å². The van der Waals surface area contributed by atoms with E-state index in [2.05, 4.69) is 30.1 Å². The zero-order valence-corrected chi connectivity index (χ0v) is 16.5. The van der Waals surface area contributed by atoms with Crippen molar-refractivity contribution in [1.29, 1.82) is 0 Å². The smallest absolute Gasteiger partial charge is 0.224 e. The number of imidazole rings is 1. The molecule has 0 bridgehead atoms. The number of rotatable bonds is 6. The van der Waals surface area contributed by atoms with Crippen LogP contribution in [0.4, 0.5) is 11.5 Å². The van der Waals surface area contributed by atoms with Crippen LogP contribution in [0.3, 0.4) is 0 Å². The Hall–Kier alpha value is -3.20. The molecular weight excluding hydrogens is 374 g/mol. The van der Waals surface area contributed by atoms with Gasteiger partial charge in [0.1, 0.15) is 11.6 Å². The number of aryl methyl sites for hydroxylation is 1. The van der Waals surface area contributed by atoms with Crippen LogP contribution in [0.15, 0.2) is 53.8 Å². The number of hydrogen-bond acceptors (Lipinski definition) is 6. The maximum absolute atomic E-state index is 11.5. The van der Waals surface area contributed by atoms with Crippen LogP contribution in [0, 0.1) is 6.92 Å². The monoisotopic (exact) mass is 395 g/mol. The van der Waals surface area contributed by atoms with Gasteiger partial charge >= 0.3 is 0 Å². The van der Waals surface area contributed by atoms with Gasteiger partial charge in [0.05, 0.1) is 12.7 Å². The van der Waals surface area contributed by atoms with E-state index in [1.165, 1.54) is 0 Å². The van der Waals surface area contributed by atoms with Crippen LogP contribution in [0.1, 0.15) is 24.9 Å². The topological polar surface area (TPSA) is 90.9 Å². The van der Waals surface area contributed by atoms with Gasteiger partial charge in [-0.3, -0.25) is 14.5 Å². The molecule has 0 atom stereocenters. The average molecular weight is 395 g/mol. The number of fused-ring (bicyclic) bond motifs is 1. The predicted octanol–water partition coefficient (Wildman–Crippen LogP) is 3.65. The Morgan fingerprint density at radius 3 is 2.86 bits per heavy atom. The molecule has 9 heteroatoms.